The van der Waals surface area contributed by atoms with Crippen molar-refractivity contribution in [3.05, 3.63) is 125 Å². The van der Waals surface area contributed by atoms with Crippen LogP contribution in [-0.2, 0) is 5.41 Å². The predicted molar refractivity (Wildman–Crippen MR) is 172 cm³/mol. The average molecular weight is 553 g/mol. The van der Waals surface area contributed by atoms with Gasteiger partial charge in [0, 0.05) is 43.0 Å². The summed E-state index contributed by atoms with van der Waals surface area (Å²) in [4.78, 5) is 10.9. The van der Waals surface area contributed by atoms with E-state index in [9.17, 15) is 0 Å². The number of fused-ring (bicyclic) bond motifs is 10. The molecule has 0 atom stereocenters. The van der Waals surface area contributed by atoms with Gasteiger partial charge in [-0.2, -0.15) is 0 Å². The number of nitrogens with zero attached hydrogens (tertiary/aromatic N) is 3. The van der Waals surface area contributed by atoms with E-state index in [1.807, 2.05) is 34.9 Å². The maximum absolute atomic E-state index is 8.88. The van der Waals surface area contributed by atoms with Crippen molar-refractivity contribution in [1.29, 1.82) is 0 Å². The lowest BCUT2D eigenvalue weighted by Gasteiger charge is -2.19. The Morgan fingerprint density at radius 2 is 1.49 bits per heavy atom. The molecule has 0 saturated carbocycles. The van der Waals surface area contributed by atoms with E-state index in [4.69, 9.17) is 22.3 Å². The third-order valence-electron chi connectivity index (χ3n) is 8.19. The fourth-order valence-electron chi connectivity index (χ4n) is 6.38. The first-order valence-corrected chi connectivity index (χ1v) is 14.1. The molecule has 1 aliphatic rings. The normalized spacial score (nSPS) is 16.9. The smallest absolute Gasteiger partial charge is 0.235 e. The molecule has 0 saturated heterocycles. The first-order chi connectivity index (χ1) is 23.8. The van der Waals surface area contributed by atoms with Gasteiger partial charge in [0.15, 0.2) is 0 Å². The quantitative estimate of drug-likeness (QED) is 0.214. The Balaban J connectivity index is 1.48. The zero-order chi connectivity index (χ0) is 35.1. The van der Waals surface area contributed by atoms with Gasteiger partial charge in [-0.25, -0.2) is 9.97 Å². The standard InChI is InChI=1S/C37H25N3S/c1-37(2)28-17-9-6-15-25(28)31-27-21-20-24-23-14-8-11-19-30(23)40(33(24)34(27)41-35(31)37)36-38-29-18-10-7-16-26(29)32(39-36)22-12-4-3-5-13-22/h3-21H,1-2H3/i3D,4D,5D,7D,10D,12D,13D,16D,18D. The zero-order valence-electron chi connectivity index (χ0n) is 31.0. The van der Waals surface area contributed by atoms with Crippen LogP contribution in [0.3, 0.4) is 0 Å². The Bertz CT molecular complexity index is 2830. The molecule has 3 aromatic heterocycles. The molecule has 0 spiro atoms. The summed E-state index contributed by atoms with van der Waals surface area (Å²) in [5.41, 5.74) is 4.38. The maximum atomic E-state index is 8.88. The summed E-state index contributed by atoms with van der Waals surface area (Å²) in [7, 11) is 0. The van der Waals surface area contributed by atoms with E-state index in [0.717, 1.165) is 31.9 Å². The minimum absolute atomic E-state index is 0.0521. The van der Waals surface area contributed by atoms with E-state index in [2.05, 4.69) is 44.2 Å². The molecule has 9 rings (SSSR count). The molecule has 0 bridgehead atoms. The highest BCUT2D eigenvalue weighted by Crippen LogP contribution is 2.56. The van der Waals surface area contributed by atoms with Crippen LogP contribution < -0.4 is 0 Å². The molecular formula is C37H25N3S. The van der Waals surface area contributed by atoms with Crippen molar-refractivity contribution >= 4 is 54.1 Å². The van der Waals surface area contributed by atoms with Crippen LogP contribution in [0, 0.1) is 0 Å². The second-order valence-corrected chi connectivity index (χ2v) is 11.8. The minimum Gasteiger partial charge on any atom is -0.276 e. The molecule has 3 nitrogen and oxygen atoms in total. The van der Waals surface area contributed by atoms with Gasteiger partial charge >= 0.3 is 0 Å². The second-order valence-electron chi connectivity index (χ2n) is 10.8. The molecule has 0 unspecified atom stereocenters. The molecule has 0 radical (unpaired) electrons. The van der Waals surface area contributed by atoms with E-state index < -0.39 is 54.4 Å². The second kappa shape index (κ2) is 8.12. The van der Waals surface area contributed by atoms with Crippen molar-refractivity contribution in [2.24, 2.45) is 0 Å². The van der Waals surface area contributed by atoms with Crippen LogP contribution >= 0.6 is 11.3 Å². The van der Waals surface area contributed by atoms with Crippen molar-refractivity contribution in [2.45, 2.75) is 19.3 Å². The highest BCUT2D eigenvalue weighted by molar-refractivity contribution is 7.21. The first-order valence-electron chi connectivity index (χ1n) is 17.8. The van der Waals surface area contributed by atoms with Gasteiger partial charge in [-0.05, 0) is 23.2 Å². The minimum atomic E-state index is -0.579. The van der Waals surface area contributed by atoms with Crippen LogP contribution in [0.1, 0.15) is 36.6 Å². The molecule has 8 aromatic rings. The van der Waals surface area contributed by atoms with E-state index in [-0.39, 0.29) is 33.5 Å². The van der Waals surface area contributed by atoms with Gasteiger partial charge in [-0.15, -0.1) is 11.3 Å². The summed E-state index contributed by atoms with van der Waals surface area (Å²) < 4.78 is 80.0. The molecule has 0 fully saturated rings. The third-order valence-corrected chi connectivity index (χ3v) is 9.73. The highest BCUT2D eigenvalue weighted by Gasteiger charge is 2.39. The monoisotopic (exact) mass is 552 g/mol. The lowest BCUT2D eigenvalue weighted by atomic mass is 9.87. The van der Waals surface area contributed by atoms with Gasteiger partial charge in [0.1, 0.15) is 0 Å². The number of hydrogen-bond acceptors (Lipinski definition) is 3. The van der Waals surface area contributed by atoms with Gasteiger partial charge in [-0.1, -0.05) is 117 Å². The van der Waals surface area contributed by atoms with Crippen LogP contribution in [0.2, 0.25) is 0 Å². The Hall–Kier alpha value is -4.80. The van der Waals surface area contributed by atoms with Crippen molar-refractivity contribution in [2.75, 3.05) is 0 Å². The Morgan fingerprint density at radius 1 is 0.732 bits per heavy atom. The van der Waals surface area contributed by atoms with Gasteiger partial charge < -0.3 is 0 Å². The van der Waals surface area contributed by atoms with E-state index >= 15 is 0 Å². The number of aromatic nitrogens is 3. The molecule has 194 valence electrons. The fraction of sp³-hybridized carbons (Fsp3) is 0.0811. The molecule has 4 heteroatoms. The van der Waals surface area contributed by atoms with Crippen LogP contribution in [0.15, 0.2) is 115 Å². The van der Waals surface area contributed by atoms with Gasteiger partial charge in [0.25, 0.3) is 0 Å². The largest absolute Gasteiger partial charge is 0.276 e. The number of para-hydroxylation sites is 2. The highest BCUT2D eigenvalue weighted by atomic mass is 32.1. The third kappa shape index (κ3) is 3.03. The Labute approximate surface area is 254 Å². The van der Waals surface area contributed by atoms with Crippen LogP contribution in [0.4, 0.5) is 0 Å². The lowest BCUT2D eigenvalue weighted by Crippen LogP contribution is -2.13. The molecule has 41 heavy (non-hydrogen) atoms. The Kier molecular flexibility index (Phi) is 3.14. The summed E-state index contributed by atoms with van der Waals surface area (Å²) in [6.07, 6.45) is 0. The van der Waals surface area contributed by atoms with Gasteiger partial charge in [0.2, 0.25) is 5.95 Å². The summed E-state index contributed by atoms with van der Waals surface area (Å²) in [6, 6.07) is 15.7. The van der Waals surface area contributed by atoms with Crippen molar-refractivity contribution < 1.29 is 12.3 Å². The molecule has 0 amide bonds. The average Bonchev–Trinajstić information content (AvgIpc) is 3.74. The first kappa shape index (κ1) is 15.8. The molecule has 5 aromatic carbocycles. The van der Waals surface area contributed by atoms with Crippen molar-refractivity contribution in [1.82, 2.24) is 14.5 Å². The summed E-state index contributed by atoms with van der Waals surface area (Å²) in [6.45, 7) is 4.46. The summed E-state index contributed by atoms with van der Waals surface area (Å²) >= 11 is 1.70. The summed E-state index contributed by atoms with van der Waals surface area (Å²) in [5.74, 6) is 0.0521. The van der Waals surface area contributed by atoms with E-state index in [1.54, 1.807) is 11.3 Å². The SMILES string of the molecule is [2H]c1c([2H])c([2H])c(-c2nc(-n3c4ccccc4c4ccc5c6c(sc5c43)C(C)(C)c3ccccc3-6)nc3c([2H])c([2H])c([2H])c([2H])c23)c([2H])c1[2H]. The van der Waals surface area contributed by atoms with E-state index in [0.29, 0.717) is 0 Å². The molecule has 0 N–H and O–H groups in total. The number of rotatable bonds is 2. The Morgan fingerprint density at radius 3 is 2.39 bits per heavy atom. The number of hydrogen-bond donors (Lipinski definition) is 0. The van der Waals surface area contributed by atoms with Gasteiger partial charge in [0.05, 0.1) is 39.3 Å². The van der Waals surface area contributed by atoms with Crippen LogP contribution in [0.5, 0.6) is 0 Å². The van der Waals surface area contributed by atoms with Crippen molar-refractivity contribution in [3.63, 3.8) is 0 Å². The van der Waals surface area contributed by atoms with Crippen molar-refractivity contribution in [3.8, 4) is 28.3 Å². The number of thiophene rings is 1. The van der Waals surface area contributed by atoms with E-state index in [1.165, 1.54) is 21.6 Å². The summed E-state index contributed by atoms with van der Waals surface area (Å²) in [5, 5.41) is 2.79. The lowest BCUT2D eigenvalue weighted by molar-refractivity contribution is 0.674. The van der Waals surface area contributed by atoms with Gasteiger partial charge in [-0.3, -0.25) is 4.57 Å². The topological polar surface area (TPSA) is 30.7 Å². The zero-order valence-corrected chi connectivity index (χ0v) is 22.8. The predicted octanol–water partition coefficient (Wildman–Crippen LogP) is 9.91. The van der Waals surface area contributed by atoms with Crippen LogP contribution in [-0.4, -0.2) is 14.5 Å². The molecule has 0 aliphatic heterocycles. The maximum Gasteiger partial charge on any atom is 0.235 e. The fourth-order valence-corrected chi connectivity index (χ4v) is 7.85. The number of benzene rings is 5. The molecule has 1 aliphatic carbocycles. The molecule has 3 heterocycles. The van der Waals surface area contributed by atoms with Crippen LogP contribution in [0.25, 0.3) is 71.1 Å². The molecular weight excluding hydrogens is 518 g/mol.